The third-order valence-corrected chi connectivity index (χ3v) is 11.4. The molecule has 6 fully saturated rings. The minimum atomic E-state index is -0.606. The van der Waals surface area contributed by atoms with Crippen LogP contribution in [0.1, 0.15) is 65.7 Å². The first-order valence-electron chi connectivity index (χ1n) is 13.9. The maximum Gasteiger partial charge on any atom is 0.178 e. The highest BCUT2D eigenvalue weighted by molar-refractivity contribution is 5.28. The molecule has 2 bridgehead atoms. The van der Waals surface area contributed by atoms with Crippen LogP contribution in [0.2, 0.25) is 0 Å². The summed E-state index contributed by atoms with van der Waals surface area (Å²) in [6, 6.07) is 0. The highest BCUT2D eigenvalue weighted by Gasteiger charge is 2.76. The number of methoxy groups -OCH3 is 1. The van der Waals surface area contributed by atoms with Crippen LogP contribution < -0.4 is 0 Å². The molecule has 0 amide bonds. The maximum atomic E-state index is 10.3. The zero-order valence-electron chi connectivity index (χ0n) is 21.6. The van der Waals surface area contributed by atoms with Crippen molar-refractivity contribution >= 4 is 0 Å². The first-order chi connectivity index (χ1) is 16.8. The summed E-state index contributed by atoms with van der Waals surface area (Å²) in [5.74, 6) is 1.01. The van der Waals surface area contributed by atoms with Gasteiger partial charge in [-0.05, 0) is 56.8 Å². The molecule has 4 saturated heterocycles. The summed E-state index contributed by atoms with van der Waals surface area (Å²) in [5, 5.41) is 10.3. The molecule has 196 valence electrons. The molecular weight excluding hydrogens is 448 g/mol. The van der Waals surface area contributed by atoms with Gasteiger partial charge in [-0.3, -0.25) is 0 Å². The van der Waals surface area contributed by atoms with Crippen LogP contribution in [0, 0.1) is 28.6 Å². The van der Waals surface area contributed by atoms with Gasteiger partial charge in [-0.25, -0.2) is 0 Å². The fraction of sp³-hybridized carbons (Fsp3) is 0.929. The monoisotopic (exact) mass is 490 g/mol. The molecule has 13 unspecified atom stereocenters. The average Bonchev–Trinajstić information content (AvgIpc) is 3.29. The van der Waals surface area contributed by atoms with E-state index in [1.165, 1.54) is 6.42 Å². The Kier molecular flexibility index (Phi) is 5.37. The van der Waals surface area contributed by atoms with Gasteiger partial charge in [-0.15, -0.1) is 0 Å². The Labute approximate surface area is 208 Å². The van der Waals surface area contributed by atoms with Crippen molar-refractivity contribution in [1.82, 2.24) is 0 Å². The third kappa shape index (κ3) is 3.09. The van der Waals surface area contributed by atoms with Crippen LogP contribution in [0.5, 0.6) is 0 Å². The van der Waals surface area contributed by atoms with Crippen LogP contribution in [0.25, 0.3) is 0 Å². The predicted octanol–water partition coefficient (Wildman–Crippen LogP) is 3.58. The summed E-state index contributed by atoms with van der Waals surface area (Å²) in [6.07, 6.45) is 8.70. The molecule has 0 radical (unpaired) electrons. The number of aliphatic hydroxyl groups excluding tert-OH is 1. The summed E-state index contributed by atoms with van der Waals surface area (Å²) in [5.41, 5.74) is 1.78. The van der Waals surface area contributed by atoms with Crippen molar-refractivity contribution in [2.24, 2.45) is 28.6 Å². The highest BCUT2D eigenvalue weighted by atomic mass is 16.7. The van der Waals surface area contributed by atoms with Crippen molar-refractivity contribution in [3.8, 4) is 0 Å². The lowest BCUT2D eigenvalue weighted by atomic mass is 9.47. The highest BCUT2D eigenvalue weighted by Crippen LogP contribution is 2.71. The van der Waals surface area contributed by atoms with E-state index in [1.807, 2.05) is 6.92 Å². The van der Waals surface area contributed by atoms with Gasteiger partial charge < -0.3 is 33.5 Å². The van der Waals surface area contributed by atoms with E-state index < -0.39 is 11.9 Å². The van der Waals surface area contributed by atoms with E-state index in [9.17, 15) is 5.11 Å². The van der Waals surface area contributed by atoms with Gasteiger partial charge in [-0.2, -0.15) is 0 Å². The molecule has 4 aliphatic heterocycles. The Morgan fingerprint density at radius 1 is 1.09 bits per heavy atom. The van der Waals surface area contributed by atoms with Crippen LogP contribution in [0.4, 0.5) is 0 Å². The molecule has 0 aromatic heterocycles. The van der Waals surface area contributed by atoms with Crippen LogP contribution in [-0.4, -0.2) is 74.1 Å². The number of fused-ring (bicyclic) bond motifs is 3. The lowest BCUT2D eigenvalue weighted by molar-refractivity contribution is -0.356. The quantitative estimate of drug-likeness (QED) is 0.606. The van der Waals surface area contributed by atoms with Crippen LogP contribution >= 0.6 is 0 Å². The molecule has 0 aromatic rings. The molecule has 3 aliphatic carbocycles. The Balaban J connectivity index is 1.10. The van der Waals surface area contributed by atoms with E-state index >= 15 is 0 Å². The molecular formula is C28H42O7. The number of hydrogen-bond donors (Lipinski definition) is 1. The van der Waals surface area contributed by atoms with Crippen molar-refractivity contribution < 1.29 is 33.5 Å². The minimum absolute atomic E-state index is 0.0533. The minimum Gasteiger partial charge on any atom is -0.388 e. The van der Waals surface area contributed by atoms with Gasteiger partial charge in [0.2, 0.25) is 0 Å². The van der Waals surface area contributed by atoms with Crippen LogP contribution in [0.15, 0.2) is 11.6 Å². The molecule has 4 heterocycles. The Hall–Kier alpha value is -0.540. The molecule has 0 aromatic carbocycles. The Morgan fingerprint density at radius 2 is 1.94 bits per heavy atom. The SMILES string of the molecule is COC1CC(OC2CCC3(C)C(=CCC4C3CCC3(C)C5C6COC43OC5CO6)C2)OC(C)C1O. The van der Waals surface area contributed by atoms with Gasteiger partial charge in [0.1, 0.15) is 6.10 Å². The van der Waals surface area contributed by atoms with Crippen molar-refractivity contribution in [3.05, 3.63) is 11.6 Å². The maximum absolute atomic E-state index is 10.3. The third-order valence-electron chi connectivity index (χ3n) is 11.4. The number of ether oxygens (including phenoxy) is 6. The first-order valence-corrected chi connectivity index (χ1v) is 13.9. The normalized spacial score (nSPS) is 58.8. The number of allylic oxidation sites excluding steroid dienone is 1. The molecule has 7 heteroatoms. The zero-order chi connectivity index (χ0) is 24.2. The van der Waals surface area contributed by atoms with Crippen LogP contribution in [-0.2, 0) is 28.4 Å². The standard InChI is InChI=1S/C28H42O7/c1-15-25(29)20(30-4)12-23(33-15)34-17-7-9-26(2)16(11-17)5-6-19-18(26)8-10-27(3)24-21-14-32-28(19,27)35-22(24)13-31-21/h5,15,17-25,29H,6-14H2,1-4H3. The van der Waals surface area contributed by atoms with Crippen molar-refractivity contribution in [2.45, 2.75) is 114 Å². The van der Waals surface area contributed by atoms with E-state index in [2.05, 4.69) is 19.9 Å². The van der Waals surface area contributed by atoms with E-state index in [0.29, 0.717) is 30.8 Å². The lowest BCUT2D eigenvalue weighted by Crippen LogP contribution is -2.66. The van der Waals surface area contributed by atoms with Crippen LogP contribution in [0.3, 0.4) is 0 Å². The Morgan fingerprint density at radius 3 is 2.77 bits per heavy atom. The number of rotatable bonds is 3. The molecule has 13 atom stereocenters. The second-order valence-corrected chi connectivity index (χ2v) is 12.9. The predicted molar refractivity (Wildman–Crippen MR) is 126 cm³/mol. The molecule has 7 rings (SSSR count). The summed E-state index contributed by atoms with van der Waals surface area (Å²) >= 11 is 0. The van der Waals surface area contributed by atoms with E-state index in [0.717, 1.165) is 38.7 Å². The smallest absolute Gasteiger partial charge is 0.178 e. The summed E-state index contributed by atoms with van der Waals surface area (Å²) in [4.78, 5) is 0. The summed E-state index contributed by atoms with van der Waals surface area (Å²) in [6.45, 7) is 8.22. The topological polar surface area (TPSA) is 75.6 Å². The van der Waals surface area contributed by atoms with E-state index in [1.54, 1.807) is 12.7 Å². The van der Waals surface area contributed by atoms with Gasteiger partial charge in [-0.1, -0.05) is 25.5 Å². The molecule has 7 nitrogen and oxygen atoms in total. The fourth-order valence-corrected chi connectivity index (χ4v) is 9.58. The second kappa shape index (κ2) is 7.98. The molecule has 0 spiro atoms. The first kappa shape index (κ1) is 23.6. The fourth-order valence-electron chi connectivity index (χ4n) is 9.58. The lowest BCUT2D eigenvalue weighted by Gasteiger charge is -2.63. The molecule has 7 aliphatic rings. The van der Waals surface area contributed by atoms with E-state index in [-0.39, 0.29) is 47.6 Å². The van der Waals surface area contributed by atoms with Gasteiger partial charge in [0.25, 0.3) is 0 Å². The largest absolute Gasteiger partial charge is 0.388 e. The van der Waals surface area contributed by atoms with Crippen molar-refractivity contribution in [2.75, 3.05) is 20.3 Å². The summed E-state index contributed by atoms with van der Waals surface area (Å²) < 4.78 is 37.6. The summed E-state index contributed by atoms with van der Waals surface area (Å²) in [7, 11) is 1.65. The average molecular weight is 491 g/mol. The van der Waals surface area contributed by atoms with Crippen molar-refractivity contribution in [1.29, 1.82) is 0 Å². The number of aliphatic hydroxyl groups is 1. The van der Waals surface area contributed by atoms with Gasteiger partial charge >= 0.3 is 0 Å². The number of hydrogen-bond acceptors (Lipinski definition) is 7. The van der Waals surface area contributed by atoms with E-state index in [4.69, 9.17) is 28.4 Å². The van der Waals surface area contributed by atoms with Gasteiger partial charge in [0.05, 0.1) is 43.7 Å². The second-order valence-electron chi connectivity index (χ2n) is 12.9. The molecule has 35 heavy (non-hydrogen) atoms. The van der Waals surface area contributed by atoms with Gasteiger partial charge in [0, 0.05) is 30.8 Å². The van der Waals surface area contributed by atoms with Crippen molar-refractivity contribution in [3.63, 3.8) is 0 Å². The van der Waals surface area contributed by atoms with Gasteiger partial charge in [0.15, 0.2) is 12.1 Å². The Bertz CT molecular complexity index is 893. The molecule has 1 N–H and O–H groups in total. The molecule has 2 saturated carbocycles. The zero-order valence-corrected chi connectivity index (χ0v) is 21.6.